The third-order valence-electron chi connectivity index (χ3n) is 2.92. The highest BCUT2D eigenvalue weighted by molar-refractivity contribution is 6.28. The number of hydrogen-bond donors (Lipinski definition) is 1. The number of hydrogen-bond acceptors (Lipinski definition) is 4. The summed E-state index contributed by atoms with van der Waals surface area (Å²) in [6.45, 7) is 2.12. The van der Waals surface area contributed by atoms with Crippen LogP contribution < -0.4 is 0 Å². The van der Waals surface area contributed by atoms with Gasteiger partial charge in [-0.15, -0.1) is 0 Å². The molecule has 0 radical (unpaired) electrons. The molecule has 1 aliphatic rings. The molecule has 5 nitrogen and oxygen atoms in total. The lowest BCUT2D eigenvalue weighted by Gasteiger charge is -2.30. The van der Waals surface area contributed by atoms with E-state index in [2.05, 4.69) is 14.9 Å². The zero-order valence-corrected chi connectivity index (χ0v) is 10.1. The van der Waals surface area contributed by atoms with E-state index >= 15 is 0 Å². The zero-order chi connectivity index (χ0) is 12.3. The number of likely N-dealkylation sites (tertiary alicyclic amines) is 1. The minimum absolute atomic E-state index is 0.231. The molecule has 1 aromatic heterocycles. The third-order valence-corrected chi connectivity index (χ3v) is 3.11. The summed E-state index contributed by atoms with van der Waals surface area (Å²) >= 11 is 5.71. The summed E-state index contributed by atoms with van der Waals surface area (Å²) in [6.07, 6.45) is 3.29. The Morgan fingerprint density at radius 2 is 2.47 bits per heavy atom. The summed E-state index contributed by atoms with van der Waals surface area (Å²) in [5.74, 6) is -0.975. The van der Waals surface area contributed by atoms with Crippen LogP contribution in [0.2, 0.25) is 5.28 Å². The van der Waals surface area contributed by atoms with Crippen LogP contribution in [0.5, 0.6) is 0 Å². The second-order valence-electron chi connectivity index (χ2n) is 4.23. The number of piperidine rings is 1. The number of aromatic nitrogens is 2. The molecule has 6 heteroatoms. The molecule has 92 valence electrons. The number of halogens is 1. The molecule has 0 aromatic carbocycles. The van der Waals surface area contributed by atoms with Crippen molar-refractivity contribution in [2.45, 2.75) is 19.4 Å². The van der Waals surface area contributed by atoms with Crippen LogP contribution in [0.15, 0.2) is 12.3 Å². The van der Waals surface area contributed by atoms with Crippen LogP contribution in [0.1, 0.15) is 18.5 Å². The summed E-state index contributed by atoms with van der Waals surface area (Å²) in [5.41, 5.74) is 0.830. The lowest BCUT2D eigenvalue weighted by molar-refractivity contribution is -0.143. The first-order valence-electron chi connectivity index (χ1n) is 5.58. The maximum Gasteiger partial charge on any atom is 0.307 e. The standard InChI is InChI=1S/C11H14ClN3O2/c12-11-13-4-3-9(14-11)7-15-5-1-2-8(6-15)10(16)17/h3-4,8H,1-2,5-7H2,(H,16,17)/t8-/m1/s1. The summed E-state index contributed by atoms with van der Waals surface area (Å²) in [4.78, 5) is 21.0. The second kappa shape index (κ2) is 5.42. The second-order valence-corrected chi connectivity index (χ2v) is 4.57. The van der Waals surface area contributed by atoms with Crippen molar-refractivity contribution in [2.24, 2.45) is 5.92 Å². The van der Waals surface area contributed by atoms with Crippen LogP contribution in [0.4, 0.5) is 0 Å². The van der Waals surface area contributed by atoms with Gasteiger partial charge in [-0.05, 0) is 37.1 Å². The molecule has 1 aliphatic heterocycles. The van der Waals surface area contributed by atoms with E-state index in [1.807, 2.05) is 0 Å². The van der Waals surface area contributed by atoms with Crippen molar-refractivity contribution >= 4 is 17.6 Å². The lowest BCUT2D eigenvalue weighted by atomic mass is 9.98. The molecular weight excluding hydrogens is 242 g/mol. The average molecular weight is 256 g/mol. The third kappa shape index (κ3) is 3.38. The Balaban J connectivity index is 1.97. The molecule has 0 unspecified atom stereocenters. The predicted octanol–water partition coefficient (Wildman–Crippen LogP) is 1.43. The first-order valence-corrected chi connectivity index (χ1v) is 5.95. The number of aliphatic carboxylic acids is 1. The van der Waals surface area contributed by atoms with Gasteiger partial charge in [0.1, 0.15) is 0 Å². The zero-order valence-electron chi connectivity index (χ0n) is 9.34. The maximum absolute atomic E-state index is 10.9. The Kier molecular flexibility index (Phi) is 3.91. The van der Waals surface area contributed by atoms with Gasteiger partial charge in [-0.3, -0.25) is 9.69 Å². The number of nitrogens with zero attached hydrogens (tertiary/aromatic N) is 3. The van der Waals surface area contributed by atoms with E-state index in [1.165, 1.54) is 0 Å². The topological polar surface area (TPSA) is 66.3 Å². The van der Waals surface area contributed by atoms with Gasteiger partial charge in [0.2, 0.25) is 5.28 Å². The van der Waals surface area contributed by atoms with Gasteiger partial charge >= 0.3 is 5.97 Å². The maximum atomic E-state index is 10.9. The van der Waals surface area contributed by atoms with Crippen LogP contribution in [0.3, 0.4) is 0 Å². The smallest absolute Gasteiger partial charge is 0.307 e. The summed E-state index contributed by atoms with van der Waals surface area (Å²) in [6, 6.07) is 1.80. The van der Waals surface area contributed by atoms with Crippen molar-refractivity contribution in [3.05, 3.63) is 23.2 Å². The van der Waals surface area contributed by atoms with Crippen LogP contribution in [-0.2, 0) is 11.3 Å². The quantitative estimate of drug-likeness (QED) is 0.828. The fourth-order valence-electron chi connectivity index (χ4n) is 2.09. The molecule has 1 atom stereocenters. The minimum Gasteiger partial charge on any atom is -0.481 e. The highest BCUT2D eigenvalue weighted by Crippen LogP contribution is 2.18. The van der Waals surface area contributed by atoms with E-state index < -0.39 is 5.97 Å². The van der Waals surface area contributed by atoms with Crippen molar-refractivity contribution in [1.29, 1.82) is 0 Å². The summed E-state index contributed by atoms with van der Waals surface area (Å²) < 4.78 is 0. The molecule has 0 saturated carbocycles. The van der Waals surface area contributed by atoms with Gasteiger partial charge in [0, 0.05) is 19.3 Å². The molecule has 0 aliphatic carbocycles. The SMILES string of the molecule is O=C(O)[C@@H]1CCCN(Cc2ccnc(Cl)n2)C1. The van der Waals surface area contributed by atoms with Crippen LogP contribution >= 0.6 is 11.6 Å². The minimum atomic E-state index is -0.713. The van der Waals surface area contributed by atoms with Gasteiger partial charge in [-0.1, -0.05) is 0 Å². The molecule has 0 amide bonds. The van der Waals surface area contributed by atoms with Crippen molar-refractivity contribution in [3.8, 4) is 0 Å². The van der Waals surface area contributed by atoms with E-state index in [-0.39, 0.29) is 11.2 Å². The molecule has 1 aromatic rings. The number of carbonyl (C=O) groups is 1. The van der Waals surface area contributed by atoms with Crippen molar-refractivity contribution in [2.75, 3.05) is 13.1 Å². The highest BCUT2D eigenvalue weighted by atomic mass is 35.5. The lowest BCUT2D eigenvalue weighted by Crippen LogP contribution is -2.38. The normalized spacial score (nSPS) is 21.4. The van der Waals surface area contributed by atoms with Gasteiger partial charge in [0.05, 0.1) is 11.6 Å². The van der Waals surface area contributed by atoms with Crippen LogP contribution in [-0.4, -0.2) is 39.0 Å². The van der Waals surface area contributed by atoms with Gasteiger partial charge in [0.15, 0.2) is 0 Å². The van der Waals surface area contributed by atoms with Crippen molar-refractivity contribution in [1.82, 2.24) is 14.9 Å². The van der Waals surface area contributed by atoms with Gasteiger partial charge < -0.3 is 5.11 Å². The fourth-order valence-corrected chi connectivity index (χ4v) is 2.25. The van der Waals surface area contributed by atoms with Gasteiger partial charge in [0.25, 0.3) is 0 Å². The Morgan fingerprint density at radius 1 is 1.65 bits per heavy atom. The number of carboxylic acids is 1. The Bertz CT molecular complexity index is 413. The predicted molar refractivity (Wildman–Crippen MR) is 62.7 cm³/mol. The Hall–Kier alpha value is -1.20. The van der Waals surface area contributed by atoms with E-state index in [9.17, 15) is 4.79 Å². The molecule has 1 fully saturated rings. The van der Waals surface area contributed by atoms with Crippen LogP contribution in [0.25, 0.3) is 0 Å². The van der Waals surface area contributed by atoms with E-state index in [1.54, 1.807) is 12.3 Å². The molecule has 2 rings (SSSR count). The first kappa shape index (κ1) is 12.3. The first-order chi connectivity index (χ1) is 8.15. The van der Waals surface area contributed by atoms with E-state index in [0.717, 1.165) is 25.1 Å². The fraction of sp³-hybridized carbons (Fsp3) is 0.545. The summed E-state index contributed by atoms with van der Waals surface area (Å²) in [7, 11) is 0. The molecule has 0 bridgehead atoms. The highest BCUT2D eigenvalue weighted by Gasteiger charge is 2.25. The average Bonchev–Trinajstić information content (AvgIpc) is 2.29. The molecular formula is C11H14ClN3O2. The Labute approximate surface area is 104 Å². The monoisotopic (exact) mass is 255 g/mol. The number of rotatable bonds is 3. The largest absolute Gasteiger partial charge is 0.481 e. The molecule has 0 spiro atoms. The Morgan fingerprint density at radius 3 is 3.18 bits per heavy atom. The van der Waals surface area contributed by atoms with Gasteiger partial charge in [-0.25, -0.2) is 9.97 Å². The van der Waals surface area contributed by atoms with Crippen molar-refractivity contribution in [3.63, 3.8) is 0 Å². The van der Waals surface area contributed by atoms with Crippen molar-refractivity contribution < 1.29 is 9.90 Å². The molecule has 1 N–H and O–H groups in total. The van der Waals surface area contributed by atoms with Crippen LogP contribution in [0, 0.1) is 5.92 Å². The number of carboxylic acid groups (broad SMARTS) is 1. The van der Waals surface area contributed by atoms with E-state index in [0.29, 0.717) is 13.1 Å². The van der Waals surface area contributed by atoms with E-state index in [4.69, 9.17) is 16.7 Å². The molecule has 2 heterocycles. The molecule has 17 heavy (non-hydrogen) atoms. The molecule has 1 saturated heterocycles. The van der Waals surface area contributed by atoms with Gasteiger partial charge in [-0.2, -0.15) is 0 Å². The summed E-state index contributed by atoms with van der Waals surface area (Å²) in [5, 5.41) is 9.22.